The molecule has 0 spiro atoms. The van der Waals surface area contributed by atoms with Crippen LogP contribution in [0.5, 0.6) is 5.75 Å². The molecule has 0 saturated carbocycles. The number of hydrogen-bond acceptors (Lipinski definition) is 8. The zero-order valence-corrected chi connectivity index (χ0v) is 65.7. The Morgan fingerprint density at radius 1 is 0.511 bits per heavy atom. The summed E-state index contributed by atoms with van der Waals surface area (Å²) in [4.78, 5) is 0. The predicted octanol–water partition coefficient (Wildman–Crippen LogP) is 22.2. The molecular formula is C78H128O8Si4. The van der Waals surface area contributed by atoms with Crippen LogP contribution < -0.4 is 4.74 Å². The molecule has 1 unspecified atom stereocenters. The molecule has 1 saturated heterocycles. The van der Waals surface area contributed by atoms with Crippen molar-refractivity contribution < 1.29 is 36.7 Å². The first-order valence-corrected chi connectivity index (χ1v) is 46.0. The van der Waals surface area contributed by atoms with Crippen molar-refractivity contribution in [2.75, 3.05) is 20.3 Å². The van der Waals surface area contributed by atoms with Crippen LogP contribution in [-0.4, -0.2) is 84.1 Å². The molecule has 504 valence electrons. The van der Waals surface area contributed by atoms with E-state index in [9.17, 15) is 0 Å². The number of benzene rings is 4. The molecule has 1 aliphatic heterocycles. The molecule has 1 fully saturated rings. The molecule has 0 amide bonds. The van der Waals surface area contributed by atoms with E-state index in [0.717, 1.165) is 53.7 Å². The summed E-state index contributed by atoms with van der Waals surface area (Å²) in [6, 6.07) is 40.1. The summed E-state index contributed by atoms with van der Waals surface area (Å²) in [5.74, 6) is 2.13. The average Bonchev–Trinajstić information content (AvgIpc) is 0.819. The lowest BCUT2D eigenvalue weighted by Crippen LogP contribution is -2.50. The zero-order valence-electron chi connectivity index (χ0n) is 61.7. The van der Waals surface area contributed by atoms with Gasteiger partial charge in [-0.3, -0.25) is 0 Å². The van der Waals surface area contributed by atoms with E-state index in [4.69, 9.17) is 36.7 Å². The molecule has 90 heavy (non-hydrogen) atoms. The molecule has 0 aromatic heterocycles. The quantitative estimate of drug-likeness (QED) is 0.0280. The number of rotatable bonds is 31. The van der Waals surface area contributed by atoms with Gasteiger partial charge in [0.2, 0.25) is 0 Å². The van der Waals surface area contributed by atoms with Crippen molar-refractivity contribution in [3.05, 3.63) is 162 Å². The minimum absolute atomic E-state index is 0.00698. The van der Waals surface area contributed by atoms with Crippen molar-refractivity contribution in [1.29, 1.82) is 0 Å². The Balaban J connectivity index is 1.46. The average molecular weight is 1310 g/mol. The van der Waals surface area contributed by atoms with Gasteiger partial charge in [0.05, 0.1) is 50.8 Å². The summed E-state index contributed by atoms with van der Waals surface area (Å²) in [6.07, 6.45) is 12.6. The van der Waals surface area contributed by atoms with Crippen molar-refractivity contribution in [2.24, 2.45) is 35.5 Å². The monoisotopic (exact) mass is 1300 g/mol. The smallest absolute Gasteiger partial charge is 0.192 e. The molecule has 4 aromatic carbocycles. The maximum Gasteiger partial charge on any atom is 0.192 e. The molecule has 12 heteroatoms. The first-order chi connectivity index (χ1) is 41.6. The Bertz CT molecular complexity index is 2690. The second-order valence-electron chi connectivity index (χ2n) is 33.2. The van der Waals surface area contributed by atoms with Crippen LogP contribution in [0.2, 0.25) is 72.5 Å². The van der Waals surface area contributed by atoms with E-state index in [1.807, 2.05) is 12.1 Å². The normalized spacial score (nSPS) is 20.3. The molecule has 1 heterocycles. The Hall–Kier alpha value is -3.25. The summed E-state index contributed by atoms with van der Waals surface area (Å²) in [5.41, 5.74) is 3.47. The fraction of sp³-hybridized carbons (Fsp3) is 0.641. The first kappa shape index (κ1) is 77.5. The highest BCUT2D eigenvalue weighted by molar-refractivity contribution is 6.75. The highest BCUT2D eigenvalue weighted by Crippen LogP contribution is 2.46. The minimum Gasteiger partial charge on any atom is -0.497 e. The van der Waals surface area contributed by atoms with Crippen LogP contribution in [0, 0.1) is 35.5 Å². The van der Waals surface area contributed by atoms with Crippen molar-refractivity contribution in [3.63, 3.8) is 0 Å². The molecule has 0 bridgehead atoms. The van der Waals surface area contributed by atoms with Crippen LogP contribution in [0.15, 0.2) is 140 Å². The van der Waals surface area contributed by atoms with E-state index in [-0.39, 0.29) is 74.3 Å². The molecular weight excluding hydrogens is 1180 g/mol. The van der Waals surface area contributed by atoms with Gasteiger partial charge in [0.25, 0.3) is 0 Å². The lowest BCUT2D eigenvalue weighted by atomic mass is 9.80. The van der Waals surface area contributed by atoms with E-state index in [0.29, 0.717) is 25.0 Å². The molecule has 5 rings (SSSR count). The highest BCUT2D eigenvalue weighted by Gasteiger charge is 2.47. The first-order valence-electron chi connectivity index (χ1n) is 34.3. The second kappa shape index (κ2) is 32.0. The Kier molecular flexibility index (Phi) is 27.5. The molecule has 0 N–H and O–H groups in total. The fourth-order valence-corrected chi connectivity index (χ4v) is 17.3. The van der Waals surface area contributed by atoms with Crippen molar-refractivity contribution >= 4 is 33.3 Å². The standard InChI is InChI=1S/C78H128O8Si4/c1-57(45-52-69(84-88(22,23)75(10,11)12)62(6)72-61(5)56-80-73(82-72)63-47-50-67(79-19)51-48-63)54-60(4)71(86-90(26,27)77(16,17)18)59(3)46-49-68(83-87(20,21)74(7,8)9)55-70(85-89(24,25)76(13,14)15)58(2)38-37-53-81-78(64-39-31-28-32-40-64,65-41-33-29-34-42-65)66-43-35-30-36-44-66/h28-44,46-51,57-62,68-73H,45,52-56H2,1-27H3/t57-,58+,59-,60-,61-,62-,68+,69-,70-,71-,72-,73?/m0/s1. The van der Waals surface area contributed by atoms with Gasteiger partial charge in [-0.25, -0.2) is 0 Å². The minimum atomic E-state index is -2.29. The maximum absolute atomic E-state index is 7.68. The fourth-order valence-electron chi connectivity index (χ4n) is 11.6. The zero-order chi connectivity index (χ0) is 67.5. The third-order valence-corrected chi connectivity index (χ3v) is 39.7. The summed E-state index contributed by atoms with van der Waals surface area (Å²) >= 11 is 0. The molecule has 4 aromatic rings. The van der Waals surface area contributed by atoms with Gasteiger partial charge in [0.1, 0.15) is 11.4 Å². The highest BCUT2D eigenvalue weighted by atomic mass is 28.4. The van der Waals surface area contributed by atoms with E-state index in [2.05, 4.69) is 304 Å². The van der Waals surface area contributed by atoms with Gasteiger partial charge in [0, 0.05) is 23.8 Å². The lowest BCUT2D eigenvalue weighted by molar-refractivity contribution is -0.255. The predicted molar refractivity (Wildman–Crippen MR) is 392 cm³/mol. The summed E-state index contributed by atoms with van der Waals surface area (Å²) in [6.45, 7) is 62.8. The third-order valence-electron chi connectivity index (χ3n) is 21.7. The van der Waals surface area contributed by atoms with Crippen LogP contribution in [0.1, 0.15) is 179 Å². The van der Waals surface area contributed by atoms with Gasteiger partial charge in [-0.15, -0.1) is 0 Å². The SMILES string of the molecule is COc1ccc(C2OC[C@H](C)[C@@H]([C@@H](C)[C@H](CC[C@H](C)C[C@H](C)[C@@H](O[Si](C)(C)C(C)(C)C)[C@@H](C)C=C[C@H](C[C@H](O[Si](C)(C)C(C)(C)C)[C@H](C)C=CCOC(c3ccccc3)(c3ccccc3)c3ccccc3)O[Si](C)(C)C(C)(C)C)O[Si](C)(C)C(C)(C)C)O2)cc1. The van der Waals surface area contributed by atoms with Crippen molar-refractivity contribution in [3.8, 4) is 5.75 Å². The van der Waals surface area contributed by atoms with E-state index in [1.54, 1.807) is 7.11 Å². The van der Waals surface area contributed by atoms with E-state index in [1.165, 1.54) is 0 Å². The second-order valence-corrected chi connectivity index (χ2v) is 52.2. The molecule has 0 radical (unpaired) electrons. The Morgan fingerprint density at radius 2 is 0.956 bits per heavy atom. The lowest BCUT2D eigenvalue weighted by Gasteiger charge is -2.45. The molecule has 12 atom stereocenters. The largest absolute Gasteiger partial charge is 0.497 e. The van der Waals surface area contributed by atoms with E-state index >= 15 is 0 Å². The van der Waals surface area contributed by atoms with Gasteiger partial charge in [0.15, 0.2) is 39.6 Å². The van der Waals surface area contributed by atoms with Crippen molar-refractivity contribution in [1.82, 2.24) is 0 Å². The van der Waals surface area contributed by atoms with Crippen LogP contribution in [0.3, 0.4) is 0 Å². The molecule has 0 aliphatic carbocycles. The maximum atomic E-state index is 7.68. The molecule has 1 aliphatic rings. The topological polar surface area (TPSA) is 73.8 Å². The van der Waals surface area contributed by atoms with Gasteiger partial charge in [-0.2, -0.15) is 0 Å². The number of hydrogen-bond donors (Lipinski definition) is 0. The van der Waals surface area contributed by atoms with Crippen LogP contribution >= 0.6 is 0 Å². The summed E-state index contributed by atoms with van der Waals surface area (Å²) < 4.78 is 56.5. The third kappa shape index (κ3) is 20.6. The van der Waals surface area contributed by atoms with Crippen LogP contribution in [-0.2, 0) is 37.5 Å². The Morgan fingerprint density at radius 3 is 1.41 bits per heavy atom. The van der Waals surface area contributed by atoms with Gasteiger partial charge < -0.3 is 36.7 Å². The Labute approximate surface area is 555 Å². The van der Waals surface area contributed by atoms with Crippen molar-refractivity contribution in [2.45, 2.75) is 265 Å². The van der Waals surface area contributed by atoms with Gasteiger partial charge in [-0.05, 0) is 144 Å². The van der Waals surface area contributed by atoms with Gasteiger partial charge >= 0.3 is 0 Å². The van der Waals surface area contributed by atoms with Crippen LogP contribution in [0.25, 0.3) is 0 Å². The summed E-state index contributed by atoms with van der Waals surface area (Å²) in [5, 5.41) is 0.131. The molecule has 8 nitrogen and oxygen atoms in total. The number of ether oxygens (including phenoxy) is 4. The number of methoxy groups -OCH3 is 1. The summed E-state index contributed by atoms with van der Waals surface area (Å²) in [7, 11) is -7.27. The van der Waals surface area contributed by atoms with Gasteiger partial charge in [-0.1, -0.05) is 252 Å². The van der Waals surface area contributed by atoms with Crippen LogP contribution in [0.4, 0.5) is 0 Å². The van der Waals surface area contributed by atoms with E-state index < -0.39 is 45.2 Å².